The topological polar surface area (TPSA) is 0 Å². The van der Waals surface area contributed by atoms with E-state index in [4.69, 9.17) is 0 Å². The molecule has 0 atom stereocenters. The van der Waals surface area contributed by atoms with Crippen molar-refractivity contribution in [3.63, 3.8) is 0 Å². The van der Waals surface area contributed by atoms with Crippen LogP contribution in [0.2, 0.25) is 0 Å². The van der Waals surface area contributed by atoms with Gasteiger partial charge in [-0.2, -0.15) is 0 Å². The van der Waals surface area contributed by atoms with Gasteiger partial charge in [-0.15, -0.1) is 90.7 Å². The standard InChI is InChI=1S/C97H110S8/c1-7-13-19-25-31-75-59-63-98-93(75)87-55-51-83(100-87)85-53-57-89(102-85)95-77(33-27-21-15-9-3)67-91(104-95)73-45-39-69(40-46-73)35-37-71-43-49-79-80-50-44-72(66-82(80)97(81(79)65-71,61-29-23-17-11-5)62-30-24-18-12-6)38-36-70-41-47-74(48-42-70)92-68-78(34-28-22-16-10-4)96(105-92)90-58-54-86(103-90)84-52-56-88(101-84)94-76(60-64-99-94)32-26-20-14-8-2/h35-60,63-68H,7-34,61-62H2,1-6H3. The second kappa shape index (κ2) is 38.9. The molecule has 8 aromatic heterocycles. The Balaban J connectivity index is 0.716. The third-order valence-corrected chi connectivity index (χ3v) is 31.6. The predicted molar refractivity (Wildman–Crippen MR) is 479 cm³/mol. The Morgan fingerprint density at radius 3 is 0.905 bits per heavy atom. The maximum Gasteiger partial charge on any atom is 0.0481 e. The molecule has 0 aliphatic heterocycles. The highest BCUT2D eigenvalue weighted by atomic mass is 32.1. The first kappa shape index (κ1) is 77.1. The molecular formula is C97H110S8. The molecule has 0 amide bonds. The van der Waals surface area contributed by atoms with Crippen molar-refractivity contribution < 1.29 is 0 Å². The van der Waals surface area contributed by atoms with Crippen LogP contribution < -0.4 is 0 Å². The number of unbranched alkanes of at least 4 members (excludes halogenated alkanes) is 18. The summed E-state index contributed by atoms with van der Waals surface area (Å²) in [6, 6.07) is 62.6. The lowest BCUT2D eigenvalue weighted by Gasteiger charge is -2.33. The van der Waals surface area contributed by atoms with Crippen LogP contribution >= 0.6 is 90.7 Å². The third-order valence-electron chi connectivity index (χ3n) is 21.8. The summed E-state index contributed by atoms with van der Waals surface area (Å²) in [6.45, 7) is 13.9. The largest absolute Gasteiger partial charge is 0.143 e. The van der Waals surface area contributed by atoms with Crippen molar-refractivity contribution in [3.8, 4) is 90.5 Å². The Labute approximate surface area is 663 Å². The summed E-state index contributed by atoms with van der Waals surface area (Å²) < 4.78 is 0. The molecule has 0 radical (unpaired) electrons. The fourth-order valence-electron chi connectivity index (χ4n) is 15.8. The van der Waals surface area contributed by atoms with Gasteiger partial charge in [-0.3, -0.25) is 0 Å². The van der Waals surface area contributed by atoms with Gasteiger partial charge in [0.05, 0.1) is 0 Å². The van der Waals surface area contributed by atoms with Crippen molar-refractivity contribution >= 4 is 115 Å². The molecule has 0 fully saturated rings. The van der Waals surface area contributed by atoms with Gasteiger partial charge >= 0.3 is 0 Å². The Morgan fingerprint density at radius 1 is 0.248 bits per heavy atom. The second-order valence-electron chi connectivity index (χ2n) is 29.6. The number of hydrogen-bond donors (Lipinski definition) is 0. The molecule has 1 aliphatic carbocycles. The molecule has 0 unspecified atom stereocenters. The van der Waals surface area contributed by atoms with Crippen molar-refractivity contribution in [1.82, 2.24) is 0 Å². The molecule has 0 nitrogen and oxygen atoms in total. The van der Waals surface area contributed by atoms with Gasteiger partial charge in [0.15, 0.2) is 0 Å². The number of fused-ring (bicyclic) bond motifs is 3. The van der Waals surface area contributed by atoms with E-state index >= 15 is 0 Å². The van der Waals surface area contributed by atoms with Crippen LogP contribution in [0.15, 0.2) is 168 Å². The van der Waals surface area contributed by atoms with Gasteiger partial charge in [0.2, 0.25) is 0 Å². The summed E-state index contributed by atoms with van der Waals surface area (Å²) in [6.07, 6.45) is 47.3. The minimum atomic E-state index is -0.0221. The van der Waals surface area contributed by atoms with Crippen LogP contribution in [0.4, 0.5) is 0 Å². The van der Waals surface area contributed by atoms with Crippen LogP contribution in [0.3, 0.4) is 0 Å². The lowest BCUT2D eigenvalue weighted by molar-refractivity contribution is 0.401. The van der Waals surface area contributed by atoms with Crippen molar-refractivity contribution in [3.05, 3.63) is 224 Å². The lowest BCUT2D eigenvalue weighted by Crippen LogP contribution is -2.25. The normalized spacial score (nSPS) is 12.7. The highest BCUT2D eigenvalue weighted by molar-refractivity contribution is 7.30. The summed E-state index contributed by atoms with van der Waals surface area (Å²) in [5, 5.41) is 4.59. The van der Waals surface area contributed by atoms with Crippen LogP contribution in [-0.4, -0.2) is 0 Å². The summed E-state index contributed by atoms with van der Waals surface area (Å²) in [5.74, 6) is 0. The number of benzene rings is 4. The second-order valence-corrected chi connectivity index (χ2v) is 37.9. The SMILES string of the molecule is CCCCCCc1ccsc1-c1ccc(-c2ccc(-c3sc(-c4ccc(C=Cc5ccc6c(c5)C(CCCCCC)(CCCCCC)c5cc(C=Cc7ccc(-c8cc(CCCCCC)c(-c9ccc(-c%10ccc(-c%11sccc%11CCCCCC)s%10)s9)s8)cc7)ccc5-6)cc4)cc3CCCCCC)s2)s1. The van der Waals surface area contributed by atoms with Gasteiger partial charge < -0.3 is 0 Å². The van der Waals surface area contributed by atoms with E-state index in [1.807, 2.05) is 90.7 Å². The number of rotatable bonds is 42. The predicted octanol–water partition coefficient (Wildman–Crippen LogP) is 34.6. The number of thiophene rings is 8. The fourth-order valence-corrected chi connectivity index (χ4v) is 24.9. The minimum absolute atomic E-state index is 0.0221. The summed E-state index contributed by atoms with van der Waals surface area (Å²) >= 11 is 15.7. The molecule has 8 heteroatoms. The van der Waals surface area contributed by atoms with Crippen molar-refractivity contribution in [1.29, 1.82) is 0 Å². The quantitative estimate of drug-likeness (QED) is 0.0264. The molecule has 0 N–H and O–H groups in total. The Bertz CT molecular complexity index is 4410. The first-order chi connectivity index (χ1) is 51.8. The van der Waals surface area contributed by atoms with Gasteiger partial charge in [0.1, 0.15) is 0 Å². The Morgan fingerprint density at radius 2 is 0.552 bits per heavy atom. The molecular weight excluding hydrogens is 1420 g/mol. The molecule has 0 bridgehead atoms. The lowest BCUT2D eigenvalue weighted by atomic mass is 9.70. The van der Waals surface area contributed by atoms with E-state index in [1.165, 1.54) is 315 Å². The summed E-state index contributed by atoms with van der Waals surface area (Å²) in [7, 11) is 0. The Kier molecular flexibility index (Phi) is 28.5. The van der Waals surface area contributed by atoms with Crippen LogP contribution in [0, 0.1) is 0 Å². The van der Waals surface area contributed by atoms with E-state index in [2.05, 4.69) is 234 Å². The maximum atomic E-state index is 2.59. The molecule has 546 valence electrons. The number of hydrogen-bond acceptors (Lipinski definition) is 8. The summed E-state index contributed by atoms with van der Waals surface area (Å²) in [5.41, 5.74) is 19.7. The van der Waals surface area contributed by atoms with Crippen LogP contribution in [0.5, 0.6) is 0 Å². The molecule has 8 heterocycles. The maximum absolute atomic E-state index is 2.59. The van der Waals surface area contributed by atoms with Crippen LogP contribution in [0.1, 0.15) is 264 Å². The van der Waals surface area contributed by atoms with E-state index in [9.17, 15) is 0 Å². The fraction of sp³-hybridized carbons (Fsp3) is 0.381. The first-order valence-electron chi connectivity index (χ1n) is 40.4. The van der Waals surface area contributed by atoms with Gasteiger partial charge in [-0.1, -0.05) is 279 Å². The minimum Gasteiger partial charge on any atom is -0.143 e. The van der Waals surface area contributed by atoms with E-state index in [0.717, 1.165) is 12.8 Å². The first-order valence-corrected chi connectivity index (χ1v) is 47.1. The van der Waals surface area contributed by atoms with Crippen LogP contribution in [0.25, 0.3) is 115 Å². The Hall–Kier alpha value is -6.04. The van der Waals surface area contributed by atoms with E-state index < -0.39 is 0 Å². The average molecular weight is 1530 g/mol. The van der Waals surface area contributed by atoms with Gasteiger partial charge in [0, 0.05) is 73.7 Å². The number of aryl methyl sites for hydroxylation is 4. The van der Waals surface area contributed by atoms with Gasteiger partial charge in [0.25, 0.3) is 0 Å². The van der Waals surface area contributed by atoms with E-state index in [-0.39, 0.29) is 5.41 Å². The van der Waals surface area contributed by atoms with E-state index in [1.54, 1.807) is 11.1 Å². The summed E-state index contributed by atoms with van der Waals surface area (Å²) in [4.78, 5) is 19.8. The average Bonchev–Trinajstić information content (AvgIpc) is 1.56. The highest BCUT2D eigenvalue weighted by Crippen LogP contribution is 2.56. The molecule has 105 heavy (non-hydrogen) atoms. The van der Waals surface area contributed by atoms with Gasteiger partial charge in [-0.25, -0.2) is 0 Å². The highest BCUT2D eigenvalue weighted by Gasteiger charge is 2.42. The molecule has 1 aliphatic rings. The molecule has 0 saturated carbocycles. The molecule has 0 spiro atoms. The zero-order valence-corrected chi connectivity index (χ0v) is 70.0. The third kappa shape index (κ3) is 19.3. The van der Waals surface area contributed by atoms with Crippen LogP contribution in [-0.2, 0) is 31.1 Å². The monoisotopic (exact) mass is 1530 g/mol. The molecule has 4 aromatic carbocycles. The smallest absolute Gasteiger partial charge is 0.0481 e. The molecule has 13 rings (SSSR count). The van der Waals surface area contributed by atoms with Crippen molar-refractivity contribution in [2.75, 3.05) is 0 Å². The zero-order chi connectivity index (χ0) is 72.2. The van der Waals surface area contributed by atoms with Crippen molar-refractivity contribution in [2.24, 2.45) is 0 Å². The zero-order valence-electron chi connectivity index (χ0n) is 63.5. The van der Waals surface area contributed by atoms with Gasteiger partial charge in [-0.05, 0) is 226 Å². The van der Waals surface area contributed by atoms with E-state index in [0.29, 0.717) is 0 Å². The molecule has 12 aromatic rings. The van der Waals surface area contributed by atoms with Crippen molar-refractivity contribution in [2.45, 2.75) is 240 Å². The molecule has 0 saturated heterocycles.